The van der Waals surface area contributed by atoms with E-state index < -0.39 is 0 Å². The van der Waals surface area contributed by atoms with Crippen molar-refractivity contribution in [2.45, 2.75) is 119 Å². The van der Waals surface area contributed by atoms with Gasteiger partial charge in [-0.25, -0.2) is 0 Å². The predicted octanol–water partition coefficient (Wildman–Crippen LogP) is 13.0. The van der Waals surface area contributed by atoms with Gasteiger partial charge in [0.2, 0.25) is 0 Å². The number of benzene rings is 2. The van der Waals surface area contributed by atoms with Gasteiger partial charge in [0.05, 0.1) is 0 Å². The van der Waals surface area contributed by atoms with Crippen LogP contribution in [0.1, 0.15) is 134 Å². The fourth-order valence-corrected chi connectivity index (χ4v) is 7.51. The molecule has 254 valence electrons. The molecule has 1 spiro atoms. The van der Waals surface area contributed by atoms with E-state index in [1.54, 1.807) is 5.57 Å². The molecule has 1 heteroatoms. The van der Waals surface area contributed by atoms with Crippen molar-refractivity contribution in [3.8, 4) is 0 Å². The molecule has 1 nitrogen and oxygen atoms in total. The molecule has 6 rings (SSSR count). The van der Waals surface area contributed by atoms with Crippen molar-refractivity contribution in [3.63, 3.8) is 0 Å². The second kappa shape index (κ2) is 16.0. The van der Waals surface area contributed by atoms with Gasteiger partial charge in [-0.2, -0.15) is 0 Å². The van der Waals surface area contributed by atoms with Crippen molar-refractivity contribution in [2.24, 2.45) is 16.7 Å². The third kappa shape index (κ3) is 9.17. The normalized spacial score (nSPS) is 21.4. The second-order valence-electron chi connectivity index (χ2n) is 15.9. The minimum absolute atomic E-state index is 0.150. The van der Waals surface area contributed by atoms with E-state index >= 15 is 0 Å². The fraction of sp³-hybridized carbons (Fsp3) is 0.522. The van der Waals surface area contributed by atoms with E-state index in [9.17, 15) is 0 Å². The third-order valence-electron chi connectivity index (χ3n) is 10.8. The summed E-state index contributed by atoms with van der Waals surface area (Å²) in [6, 6.07) is 18.3. The summed E-state index contributed by atoms with van der Waals surface area (Å²) in [5.41, 5.74) is 14.8. The largest absolute Gasteiger partial charge is 0.305 e. The first-order valence-corrected chi connectivity index (χ1v) is 18.7. The third-order valence-corrected chi connectivity index (χ3v) is 10.8. The lowest BCUT2D eigenvalue weighted by atomic mass is 9.59. The molecule has 1 saturated heterocycles. The molecule has 0 amide bonds. The summed E-state index contributed by atoms with van der Waals surface area (Å²) in [6.45, 7) is 28.8. The van der Waals surface area contributed by atoms with E-state index in [2.05, 4.69) is 141 Å². The van der Waals surface area contributed by atoms with Gasteiger partial charge >= 0.3 is 0 Å². The Morgan fingerprint density at radius 2 is 1.45 bits per heavy atom. The summed E-state index contributed by atoms with van der Waals surface area (Å²) in [6.07, 6.45) is 16.3. The van der Waals surface area contributed by atoms with Crippen molar-refractivity contribution in [1.82, 2.24) is 4.90 Å². The predicted molar refractivity (Wildman–Crippen MR) is 208 cm³/mol. The van der Waals surface area contributed by atoms with Crippen LogP contribution in [0.25, 0.3) is 5.57 Å². The Bertz CT molecular complexity index is 1450. The zero-order valence-corrected chi connectivity index (χ0v) is 31.6. The number of unbranched alkanes of at least 4 members (excludes halogenated alkanes) is 2. The molecule has 3 fully saturated rings. The van der Waals surface area contributed by atoms with Crippen LogP contribution in [-0.4, -0.2) is 25.0 Å². The van der Waals surface area contributed by atoms with Crippen LogP contribution in [0, 0.1) is 23.7 Å². The molecule has 1 aliphatic heterocycles. The highest BCUT2D eigenvalue weighted by Gasteiger charge is 2.49. The van der Waals surface area contributed by atoms with Gasteiger partial charge in [-0.3, -0.25) is 0 Å². The van der Waals surface area contributed by atoms with Crippen LogP contribution in [0.15, 0.2) is 102 Å². The topological polar surface area (TPSA) is 3.24 Å². The molecule has 0 bridgehead atoms. The summed E-state index contributed by atoms with van der Waals surface area (Å²) < 4.78 is 0. The van der Waals surface area contributed by atoms with Gasteiger partial charge in [0.1, 0.15) is 0 Å². The van der Waals surface area contributed by atoms with Crippen molar-refractivity contribution < 1.29 is 0 Å². The molecule has 1 heterocycles. The molecule has 1 atom stereocenters. The summed E-state index contributed by atoms with van der Waals surface area (Å²) in [4.78, 5) is 2.44. The van der Waals surface area contributed by atoms with E-state index in [-0.39, 0.29) is 5.41 Å². The zero-order valence-electron chi connectivity index (χ0n) is 31.6. The Morgan fingerprint density at radius 1 is 0.894 bits per heavy atom. The van der Waals surface area contributed by atoms with Crippen molar-refractivity contribution in [1.29, 1.82) is 0 Å². The molecule has 2 aromatic rings. The standard InChI is InChI=1S/C24H29N.C18H26.C4H10/c1-17(2)19-9-11-21(12-10-19)23(20-7-5-18(3)6-8-20)22-13-24(14-22)15-25(4)16-24;1-6-7-10-18(5)12-16(13(2)3)11-17(14(18)4)15-8-9-15;1-3-4-2/h5-12,17H,13-16H2,1-4H3;11-12,15H,2,4,6-10H2,1,3,5H3;3-4H2,1-2H3. The van der Waals surface area contributed by atoms with Gasteiger partial charge in [-0.15, -0.1) is 0 Å². The van der Waals surface area contributed by atoms with Gasteiger partial charge in [-0.05, 0) is 104 Å². The van der Waals surface area contributed by atoms with Crippen LogP contribution in [0.5, 0.6) is 0 Å². The molecule has 2 saturated carbocycles. The fourth-order valence-electron chi connectivity index (χ4n) is 7.51. The molecule has 0 radical (unpaired) electrons. The number of likely N-dealkylation sites (tertiary alicyclic amines) is 1. The lowest BCUT2D eigenvalue weighted by Gasteiger charge is -2.56. The number of hydrogen-bond acceptors (Lipinski definition) is 1. The molecule has 0 N–H and O–H groups in total. The first-order valence-electron chi connectivity index (χ1n) is 18.7. The maximum absolute atomic E-state index is 4.41. The Morgan fingerprint density at radius 3 is 1.89 bits per heavy atom. The molecule has 2 aromatic carbocycles. The van der Waals surface area contributed by atoms with Gasteiger partial charge < -0.3 is 4.90 Å². The number of aryl methyl sites for hydroxylation is 1. The van der Waals surface area contributed by atoms with E-state index in [4.69, 9.17) is 0 Å². The first-order chi connectivity index (χ1) is 22.3. The highest BCUT2D eigenvalue weighted by molar-refractivity contribution is 5.83. The van der Waals surface area contributed by atoms with Gasteiger partial charge in [-0.1, -0.05) is 158 Å². The lowest BCUT2D eigenvalue weighted by Crippen LogP contribution is -2.58. The monoisotopic (exact) mass is 632 g/mol. The second-order valence-corrected chi connectivity index (χ2v) is 15.9. The Hall–Kier alpha value is -2.90. The van der Waals surface area contributed by atoms with Crippen molar-refractivity contribution >= 4 is 5.57 Å². The van der Waals surface area contributed by atoms with E-state index in [1.807, 2.05) is 0 Å². The summed E-state index contributed by atoms with van der Waals surface area (Å²) >= 11 is 0. The maximum atomic E-state index is 4.41. The quantitative estimate of drug-likeness (QED) is 0.266. The van der Waals surface area contributed by atoms with Crippen LogP contribution in [0.4, 0.5) is 0 Å². The van der Waals surface area contributed by atoms with Crippen LogP contribution in [0.2, 0.25) is 0 Å². The van der Waals surface area contributed by atoms with Crippen LogP contribution >= 0.6 is 0 Å². The summed E-state index contributed by atoms with van der Waals surface area (Å²) in [5, 5.41) is 0. The highest BCUT2D eigenvalue weighted by atomic mass is 15.2. The highest BCUT2D eigenvalue weighted by Crippen LogP contribution is 2.54. The Kier molecular flexibility index (Phi) is 12.6. The molecule has 4 aliphatic rings. The average molecular weight is 632 g/mol. The summed E-state index contributed by atoms with van der Waals surface area (Å²) in [7, 11) is 2.23. The first kappa shape index (κ1) is 36.9. The lowest BCUT2D eigenvalue weighted by molar-refractivity contribution is -0.0106. The van der Waals surface area contributed by atoms with Crippen molar-refractivity contribution in [3.05, 3.63) is 124 Å². The minimum atomic E-state index is 0.150. The van der Waals surface area contributed by atoms with Gasteiger partial charge in [0.15, 0.2) is 0 Å². The number of nitrogens with zero attached hydrogens (tertiary/aromatic N) is 1. The molecule has 3 aliphatic carbocycles. The minimum Gasteiger partial charge on any atom is -0.305 e. The molecule has 1 unspecified atom stereocenters. The maximum Gasteiger partial charge on any atom is 0.0110 e. The summed E-state index contributed by atoms with van der Waals surface area (Å²) in [5.74, 6) is 1.36. The van der Waals surface area contributed by atoms with Crippen molar-refractivity contribution in [2.75, 3.05) is 20.1 Å². The van der Waals surface area contributed by atoms with Crippen LogP contribution < -0.4 is 0 Å². The zero-order chi connectivity index (χ0) is 34.4. The SMILES string of the molecule is C=C(C)C1=CC(C)(CCCC)C(=C)C(C2CC2)=C1.CCCC.Cc1ccc(C(=C2CC3(C2)CN(C)C3)c2ccc(C(C)C)cc2)cc1. The Labute approximate surface area is 289 Å². The molecule has 47 heavy (non-hydrogen) atoms. The number of rotatable bonds is 9. The average Bonchev–Trinajstić information content (AvgIpc) is 3.87. The Balaban J connectivity index is 0.000000200. The van der Waals surface area contributed by atoms with Gasteiger partial charge in [0, 0.05) is 23.9 Å². The number of hydrogen-bond donors (Lipinski definition) is 0. The van der Waals surface area contributed by atoms with E-state index in [1.165, 1.54) is 121 Å². The molecular weight excluding hydrogens is 567 g/mol. The van der Waals surface area contributed by atoms with Crippen LogP contribution in [-0.2, 0) is 0 Å². The number of allylic oxidation sites excluding steroid dienone is 7. The molecular formula is C46H65N. The molecule has 0 aromatic heterocycles. The van der Waals surface area contributed by atoms with E-state index in [0.29, 0.717) is 11.3 Å². The van der Waals surface area contributed by atoms with Crippen LogP contribution in [0.3, 0.4) is 0 Å². The smallest absolute Gasteiger partial charge is 0.0110 e. The van der Waals surface area contributed by atoms with Gasteiger partial charge in [0.25, 0.3) is 0 Å². The van der Waals surface area contributed by atoms with E-state index in [0.717, 1.165) is 5.92 Å².